The highest BCUT2D eigenvalue weighted by Gasteiger charge is 2.49. The van der Waals surface area contributed by atoms with Crippen LogP contribution in [0.4, 0.5) is 0 Å². The smallest absolute Gasteiger partial charge is 0.302 e. The molecule has 0 spiro atoms. The van der Waals surface area contributed by atoms with Crippen LogP contribution in [0.5, 0.6) is 0 Å². The van der Waals surface area contributed by atoms with Crippen LogP contribution in [0.2, 0.25) is 0 Å². The lowest BCUT2D eigenvalue weighted by molar-refractivity contribution is 0.0110. The van der Waals surface area contributed by atoms with Gasteiger partial charge in [0.1, 0.15) is 0 Å². The first-order valence-electron chi connectivity index (χ1n) is 10.6. The van der Waals surface area contributed by atoms with E-state index >= 15 is 0 Å². The van der Waals surface area contributed by atoms with Gasteiger partial charge in [0.05, 0.1) is 22.4 Å². The maximum absolute atomic E-state index is 13.6. The molecule has 0 fully saturated rings. The average molecular weight is 628 g/mol. The van der Waals surface area contributed by atoms with Crippen molar-refractivity contribution >= 4 is 31.3 Å². The van der Waals surface area contributed by atoms with E-state index in [2.05, 4.69) is 30.6 Å². The van der Waals surface area contributed by atoms with Crippen molar-refractivity contribution in [1.29, 1.82) is 0 Å². The summed E-state index contributed by atoms with van der Waals surface area (Å²) >= 11 is 0. The number of hydrogen-bond acceptors (Lipinski definition) is 10. The number of phosphoric acid groups is 4. The minimum Gasteiger partial charge on any atom is -0.302 e. The normalized spacial score (nSPS) is 14.2. The third kappa shape index (κ3) is 18.7. The third-order valence-corrected chi connectivity index (χ3v) is 9.85. The zero-order chi connectivity index (χ0) is 31.1. The second-order valence-corrected chi connectivity index (χ2v) is 15.4. The summed E-state index contributed by atoms with van der Waals surface area (Å²) in [6.45, 7) is 27.3. The molecule has 0 aliphatic rings. The molecule has 0 aromatic carbocycles. The van der Waals surface area contributed by atoms with Crippen LogP contribution < -0.4 is 0 Å². The van der Waals surface area contributed by atoms with E-state index in [9.17, 15) is 18.3 Å². The van der Waals surface area contributed by atoms with Gasteiger partial charge in [-0.25, -0.2) is 18.3 Å². The Balaban J connectivity index is 0. The van der Waals surface area contributed by atoms with Crippen molar-refractivity contribution < 1.29 is 64.6 Å². The van der Waals surface area contributed by atoms with Crippen molar-refractivity contribution in [3.05, 3.63) is 50.6 Å². The van der Waals surface area contributed by atoms with E-state index in [0.29, 0.717) is 0 Å². The predicted octanol–water partition coefficient (Wildman–Crippen LogP) is 6.33. The standard InChI is InChI=1S/C20H36O7P2.H4O7P2/c1-13-17(5,6)23-28(21,24-18(7,8)14-2)27-29(22,25-19(9,10)15-3)26-20(11,12)16-4;1-8(2,3)7-9(4,5)6/h13-16H,1-4H2,5-12H3;(H2,1,2,3)(H2,4,5,6). The lowest BCUT2D eigenvalue weighted by Gasteiger charge is -2.36. The Kier molecular flexibility index (Phi) is 14.5. The summed E-state index contributed by atoms with van der Waals surface area (Å²) in [5, 5.41) is 0. The fraction of sp³-hybridized carbons (Fsp3) is 0.600. The molecule has 0 atom stereocenters. The second-order valence-electron chi connectivity index (χ2n) is 9.63. The molecule has 0 bridgehead atoms. The van der Waals surface area contributed by atoms with Crippen LogP contribution in [0, 0.1) is 0 Å². The van der Waals surface area contributed by atoms with Crippen molar-refractivity contribution in [3.8, 4) is 0 Å². The molecule has 0 aromatic heterocycles. The number of rotatable bonds is 16. The van der Waals surface area contributed by atoms with Crippen molar-refractivity contribution in [1.82, 2.24) is 0 Å². The molecule has 0 rings (SSSR count). The third-order valence-electron chi connectivity index (χ3n) is 3.77. The van der Waals surface area contributed by atoms with Gasteiger partial charge in [-0.15, -0.1) is 26.3 Å². The molecule has 4 N–H and O–H groups in total. The molecular weight excluding hydrogens is 588 g/mol. The SMILES string of the molecule is C=CC(C)(C)OP(=O)(OC(C)(C)C=C)OP(=O)(OC(C)(C)C=C)OC(C)(C)C=C.O=P(O)(O)OP(=O)(O)O. The monoisotopic (exact) mass is 628 g/mol. The fourth-order valence-electron chi connectivity index (χ4n) is 1.67. The highest BCUT2D eigenvalue weighted by atomic mass is 31.3. The molecule has 0 radical (unpaired) electrons. The van der Waals surface area contributed by atoms with Gasteiger partial charge >= 0.3 is 31.3 Å². The van der Waals surface area contributed by atoms with Crippen LogP contribution >= 0.6 is 31.3 Å². The quantitative estimate of drug-likeness (QED) is 0.109. The van der Waals surface area contributed by atoms with Crippen molar-refractivity contribution in [2.24, 2.45) is 0 Å². The van der Waals surface area contributed by atoms with Crippen molar-refractivity contribution in [3.63, 3.8) is 0 Å². The van der Waals surface area contributed by atoms with Gasteiger partial charge in [0, 0.05) is 0 Å². The van der Waals surface area contributed by atoms with Gasteiger partial charge in [-0.3, -0.25) is 18.1 Å². The Morgan fingerprint density at radius 1 is 0.474 bits per heavy atom. The number of phosphoric ester groups is 2. The zero-order valence-electron chi connectivity index (χ0n) is 22.8. The van der Waals surface area contributed by atoms with Crippen LogP contribution in [-0.4, -0.2) is 42.0 Å². The van der Waals surface area contributed by atoms with E-state index in [-0.39, 0.29) is 0 Å². The second kappa shape index (κ2) is 13.9. The van der Waals surface area contributed by atoms with Crippen LogP contribution in [0.25, 0.3) is 0 Å². The van der Waals surface area contributed by atoms with E-state index in [4.69, 9.17) is 42.0 Å². The summed E-state index contributed by atoms with van der Waals surface area (Å²) < 4.78 is 77.0. The minimum atomic E-state index is -5.05. The molecular formula is C20H40O14P4. The molecule has 0 aliphatic heterocycles. The predicted molar refractivity (Wildman–Crippen MR) is 143 cm³/mol. The maximum Gasteiger partial charge on any atom is 0.485 e. The van der Waals surface area contributed by atoms with E-state index in [1.165, 1.54) is 24.3 Å². The van der Waals surface area contributed by atoms with Crippen LogP contribution in [0.3, 0.4) is 0 Å². The highest BCUT2D eigenvalue weighted by Crippen LogP contribution is 2.70. The fourth-order valence-corrected chi connectivity index (χ4v) is 6.97. The van der Waals surface area contributed by atoms with Crippen LogP contribution in [-0.2, 0) is 45.0 Å². The van der Waals surface area contributed by atoms with Crippen molar-refractivity contribution in [2.75, 3.05) is 0 Å². The van der Waals surface area contributed by atoms with Crippen molar-refractivity contribution in [2.45, 2.75) is 77.8 Å². The molecule has 224 valence electrons. The molecule has 14 nitrogen and oxygen atoms in total. The number of hydrogen-bond donors (Lipinski definition) is 4. The van der Waals surface area contributed by atoms with Gasteiger partial charge in [-0.2, -0.15) is 8.62 Å². The highest BCUT2D eigenvalue weighted by molar-refractivity contribution is 7.62. The first-order valence-corrected chi connectivity index (χ1v) is 16.6. The summed E-state index contributed by atoms with van der Waals surface area (Å²) in [5.41, 5.74) is -4.56. The largest absolute Gasteiger partial charge is 0.485 e. The molecule has 0 saturated carbocycles. The van der Waals surface area contributed by atoms with Gasteiger partial charge < -0.3 is 19.6 Å². The summed E-state index contributed by atoms with van der Waals surface area (Å²) in [7, 11) is -19.2. The van der Waals surface area contributed by atoms with Gasteiger partial charge in [0.2, 0.25) is 0 Å². The molecule has 18 heteroatoms. The summed E-state index contributed by atoms with van der Waals surface area (Å²) in [6.07, 6.45) is 5.62. The van der Waals surface area contributed by atoms with E-state index in [1.54, 1.807) is 55.4 Å². The summed E-state index contributed by atoms with van der Waals surface area (Å²) in [5.74, 6) is 0. The minimum absolute atomic E-state index is 1.14. The Bertz CT molecular complexity index is 902. The van der Waals surface area contributed by atoms with Crippen LogP contribution in [0.1, 0.15) is 55.4 Å². The molecule has 38 heavy (non-hydrogen) atoms. The van der Waals surface area contributed by atoms with E-state index < -0.39 is 53.7 Å². The zero-order valence-corrected chi connectivity index (χ0v) is 26.4. The molecule has 0 saturated heterocycles. The molecule has 0 aromatic rings. The van der Waals surface area contributed by atoms with Gasteiger partial charge in [-0.1, -0.05) is 24.3 Å². The van der Waals surface area contributed by atoms with Crippen LogP contribution in [0.15, 0.2) is 50.6 Å². The maximum atomic E-state index is 13.6. The Morgan fingerprint density at radius 3 is 0.763 bits per heavy atom. The van der Waals surface area contributed by atoms with Gasteiger partial charge in [-0.05, 0) is 55.4 Å². The first kappa shape index (κ1) is 39.6. The van der Waals surface area contributed by atoms with Gasteiger partial charge in [0.25, 0.3) is 0 Å². The Hall–Kier alpha value is -0.520. The summed E-state index contributed by atoms with van der Waals surface area (Å²) in [4.78, 5) is 31.0. The Labute approximate surface area is 224 Å². The lowest BCUT2D eigenvalue weighted by Crippen LogP contribution is -2.29. The molecule has 0 unspecified atom stereocenters. The molecule has 0 heterocycles. The average Bonchev–Trinajstić information content (AvgIpc) is 2.62. The lowest BCUT2D eigenvalue weighted by atomic mass is 10.1. The molecule has 0 amide bonds. The molecule has 0 aliphatic carbocycles. The van der Waals surface area contributed by atoms with E-state index in [0.717, 1.165) is 0 Å². The first-order chi connectivity index (χ1) is 16.5. The van der Waals surface area contributed by atoms with E-state index in [1.807, 2.05) is 0 Å². The van der Waals surface area contributed by atoms with Gasteiger partial charge in [0.15, 0.2) is 0 Å². The topological polar surface area (TPSA) is 205 Å². The Morgan fingerprint density at radius 2 is 0.658 bits per heavy atom. The summed E-state index contributed by atoms with van der Waals surface area (Å²) in [6, 6.07) is 0.